The van der Waals surface area contributed by atoms with Gasteiger partial charge in [-0.25, -0.2) is 0 Å². The maximum Gasteiger partial charge on any atom is 0.302 e. The van der Waals surface area contributed by atoms with Crippen LogP contribution < -0.4 is 0 Å². The highest BCUT2D eigenvalue weighted by atomic mass is 16.5. The lowest BCUT2D eigenvalue weighted by molar-refractivity contribution is -0.201. The van der Waals surface area contributed by atoms with Gasteiger partial charge in [0.25, 0.3) is 0 Å². The minimum Gasteiger partial charge on any atom is -0.512 e. The van der Waals surface area contributed by atoms with Gasteiger partial charge in [-0.3, -0.25) is 9.59 Å². The zero-order valence-corrected chi connectivity index (χ0v) is 20.4. The van der Waals surface area contributed by atoms with E-state index >= 15 is 0 Å². The number of aliphatic hydroxyl groups is 1. The molecule has 3 aliphatic carbocycles. The van der Waals surface area contributed by atoms with Crippen molar-refractivity contribution in [1.82, 2.24) is 0 Å². The Kier molecular flexibility index (Phi) is 6.53. The first-order chi connectivity index (χ1) is 14.3. The zero-order chi connectivity index (χ0) is 23.2. The molecule has 3 fully saturated rings. The van der Waals surface area contributed by atoms with E-state index in [4.69, 9.17) is 4.74 Å². The number of rotatable bonds is 5. The summed E-state index contributed by atoms with van der Waals surface area (Å²) in [5, 5.41) is 10.2. The molecular weight excluding hydrogens is 388 g/mol. The van der Waals surface area contributed by atoms with Crippen molar-refractivity contribution < 1.29 is 19.4 Å². The molecule has 0 amide bonds. The van der Waals surface area contributed by atoms with Gasteiger partial charge >= 0.3 is 5.97 Å². The van der Waals surface area contributed by atoms with Gasteiger partial charge in [0, 0.05) is 24.8 Å². The molecular formula is C27H42O4. The second-order valence-electron chi connectivity index (χ2n) is 11.6. The van der Waals surface area contributed by atoms with Gasteiger partial charge in [-0.15, -0.1) is 0 Å². The number of ketones is 1. The van der Waals surface area contributed by atoms with Crippen molar-refractivity contribution in [2.75, 3.05) is 0 Å². The molecule has 0 spiro atoms. The third kappa shape index (κ3) is 4.24. The number of aliphatic hydroxyl groups excluding tert-OH is 1. The average molecular weight is 431 g/mol. The summed E-state index contributed by atoms with van der Waals surface area (Å²) in [4.78, 5) is 23.0. The summed E-state index contributed by atoms with van der Waals surface area (Å²) >= 11 is 0. The van der Waals surface area contributed by atoms with Gasteiger partial charge in [0.15, 0.2) is 5.78 Å². The maximum atomic E-state index is 11.7. The number of fused-ring (bicyclic) bond motifs is 3. The van der Waals surface area contributed by atoms with Gasteiger partial charge in [0.1, 0.15) is 6.10 Å². The van der Waals surface area contributed by atoms with E-state index in [0.717, 1.165) is 38.5 Å². The van der Waals surface area contributed by atoms with E-state index in [1.807, 2.05) is 0 Å². The Labute approximate surface area is 188 Å². The lowest BCUT2D eigenvalue weighted by Gasteiger charge is -2.67. The number of allylic oxidation sites excluding steroid dienone is 3. The van der Waals surface area contributed by atoms with Crippen molar-refractivity contribution >= 4 is 11.8 Å². The van der Waals surface area contributed by atoms with E-state index in [9.17, 15) is 14.7 Å². The molecule has 4 nitrogen and oxygen atoms in total. The average Bonchev–Trinajstić information content (AvgIpc) is 2.62. The predicted molar refractivity (Wildman–Crippen MR) is 123 cm³/mol. The molecule has 31 heavy (non-hydrogen) atoms. The van der Waals surface area contributed by atoms with Crippen LogP contribution in [-0.2, 0) is 14.3 Å². The van der Waals surface area contributed by atoms with Gasteiger partial charge in [-0.1, -0.05) is 39.8 Å². The Hall–Kier alpha value is -1.58. The normalized spacial score (nSPS) is 39.9. The molecule has 0 bridgehead atoms. The molecule has 0 aromatic carbocycles. The van der Waals surface area contributed by atoms with Crippen molar-refractivity contribution in [2.24, 2.45) is 34.0 Å². The first kappa shape index (κ1) is 24.1. The molecule has 3 aliphatic rings. The summed E-state index contributed by atoms with van der Waals surface area (Å²) in [6.45, 7) is 17.0. The monoisotopic (exact) mass is 430 g/mol. The molecule has 0 radical (unpaired) electrons. The topological polar surface area (TPSA) is 63.6 Å². The second kappa shape index (κ2) is 8.41. The fourth-order valence-corrected chi connectivity index (χ4v) is 8.16. The smallest absolute Gasteiger partial charge is 0.302 e. The van der Waals surface area contributed by atoms with Gasteiger partial charge in [0.05, 0.1) is 5.76 Å². The molecule has 6 atom stereocenters. The summed E-state index contributed by atoms with van der Waals surface area (Å²) in [6, 6.07) is 0. The first-order valence-electron chi connectivity index (χ1n) is 12.1. The quantitative estimate of drug-likeness (QED) is 0.232. The van der Waals surface area contributed by atoms with Crippen molar-refractivity contribution in [3.63, 3.8) is 0 Å². The number of hydrogen-bond acceptors (Lipinski definition) is 4. The van der Waals surface area contributed by atoms with Crippen LogP contribution in [0.1, 0.15) is 92.9 Å². The summed E-state index contributed by atoms with van der Waals surface area (Å²) in [7, 11) is 0. The van der Waals surface area contributed by atoms with Gasteiger partial charge in [0.2, 0.25) is 0 Å². The Morgan fingerprint density at radius 2 is 1.71 bits per heavy atom. The first-order valence-corrected chi connectivity index (χ1v) is 12.1. The Morgan fingerprint density at radius 1 is 1.06 bits per heavy atom. The van der Waals surface area contributed by atoms with Crippen molar-refractivity contribution in [2.45, 2.75) is 99.0 Å². The minimum absolute atomic E-state index is 0.00421. The Morgan fingerprint density at radius 3 is 2.32 bits per heavy atom. The third-order valence-corrected chi connectivity index (χ3v) is 9.44. The van der Waals surface area contributed by atoms with Gasteiger partial charge < -0.3 is 9.84 Å². The fraction of sp³-hybridized carbons (Fsp3) is 0.778. The molecule has 0 aromatic heterocycles. The molecule has 174 valence electrons. The predicted octanol–water partition coefficient (Wildman–Crippen LogP) is 6.55. The fourth-order valence-electron chi connectivity index (χ4n) is 8.16. The van der Waals surface area contributed by atoms with Gasteiger partial charge in [-0.05, 0) is 80.5 Å². The van der Waals surface area contributed by atoms with E-state index in [-0.39, 0.29) is 39.9 Å². The number of carbonyl (C=O) groups is 2. The van der Waals surface area contributed by atoms with Crippen LogP contribution >= 0.6 is 0 Å². The Balaban J connectivity index is 1.87. The van der Waals surface area contributed by atoms with Crippen molar-refractivity contribution in [3.8, 4) is 0 Å². The number of ether oxygens (including phenoxy) is 1. The lowest BCUT2D eigenvalue weighted by atomic mass is 9.38. The third-order valence-electron chi connectivity index (χ3n) is 9.44. The molecule has 6 unspecified atom stereocenters. The standard InChI is InChI=1S/C27H42O4/c1-17-8-11-23-26(6,21(17)10-9-20(30)16-18(2)28)14-12-22-25(4,5)24(31-19(3)29)13-15-27(22,23)7/h16,21-24,30H,1,8-15H2,2-7H3. The SMILES string of the molecule is C=C1CCC2C(C)(CCC3C(C)(C)C(OC(C)=O)CCC32C)C1CCC(O)=CC(C)=O. The largest absolute Gasteiger partial charge is 0.512 e. The summed E-state index contributed by atoms with van der Waals surface area (Å²) in [5.41, 5.74) is 1.64. The molecule has 3 saturated carbocycles. The molecule has 0 heterocycles. The van der Waals surface area contributed by atoms with E-state index in [2.05, 4.69) is 34.3 Å². The molecule has 1 N–H and O–H groups in total. The number of carbonyl (C=O) groups excluding carboxylic acids is 2. The van der Waals surface area contributed by atoms with Crippen LogP contribution in [-0.4, -0.2) is 23.0 Å². The highest BCUT2D eigenvalue weighted by Crippen LogP contribution is 2.69. The molecule has 4 heteroatoms. The Bertz CT molecular complexity index is 778. The van der Waals surface area contributed by atoms with Crippen LogP contribution in [0.3, 0.4) is 0 Å². The lowest BCUT2D eigenvalue weighted by Crippen LogP contribution is -2.61. The van der Waals surface area contributed by atoms with Crippen LogP contribution in [0.2, 0.25) is 0 Å². The van der Waals surface area contributed by atoms with Crippen LogP contribution in [0, 0.1) is 34.0 Å². The van der Waals surface area contributed by atoms with Crippen LogP contribution in [0.4, 0.5) is 0 Å². The van der Waals surface area contributed by atoms with Crippen LogP contribution in [0.25, 0.3) is 0 Å². The molecule has 0 saturated heterocycles. The number of hydrogen-bond donors (Lipinski definition) is 1. The molecule has 3 rings (SSSR count). The van der Waals surface area contributed by atoms with Crippen molar-refractivity contribution in [1.29, 1.82) is 0 Å². The van der Waals surface area contributed by atoms with Gasteiger partial charge in [-0.2, -0.15) is 0 Å². The number of esters is 1. The maximum absolute atomic E-state index is 11.7. The summed E-state index contributed by atoms with van der Waals surface area (Å²) in [5.74, 6) is 1.38. The van der Waals surface area contributed by atoms with Crippen LogP contribution in [0.5, 0.6) is 0 Å². The van der Waals surface area contributed by atoms with E-state index < -0.39 is 0 Å². The van der Waals surface area contributed by atoms with Crippen LogP contribution in [0.15, 0.2) is 24.0 Å². The second-order valence-corrected chi connectivity index (χ2v) is 11.6. The summed E-state index contributed by atoms with van der Waals surface area (Å²) in [6.07, 6.45) is 9.22. The highest BCUT2D eigenvalue weighted by molar-refractivity contribution is 5.87. The molecule has 0 aliphatic heterocycles. The molecule has 0 aromatic rings. The highest BCUT2D eigenvalue weighted by Gasteiger charge is 2.63. The minimum atomic E-state index is -0.172. The van der Waals surface area contributed by atoms with Crippen molar-refractivity contribution in [3.05, 3.63) is 24.0 Å². The summed E-state index contributed by atoms with van der Waals surface area (Å²) < 4.78 is 5.78. The zero-order valence-electron chi connectivity index (χ0n) is 20.4. The van der Waals surface area contributed by atoms with E-state index in [1.165, 1.54) is 31.9 Å². The van der Waals surface area contributed by atoms with E-state index in [0.29, 0.717) is 24.2 Å². The van der Waals surface area contributed by atoms with E-state index in [1.54, 1.807) is 0 Å².